The van der Waals surface area contributed by atoms with Crippen molar-refractivity contribution in [2.24, 2.45) is 0 Å². The van der Waals surface area contributed by atoms with Crippen molar-refractivity contribution >= 4 is 37.5 Å². The Morgan fingerprint density at radius 3 is 3.07 bits per heavy atom. The van der Waals surface area contributed by atoms with Crippen molar-refractivity contribution in [2.75, 3.05) is 0 Å². The molecule has 1 aromatic carbocycles. The van der Waals surface area contributed by atoms with E-state index in [-0.39, 0.29) is 12.2 Å². The molecule has 70 valence electrons. The first-order valence-electron chi connectivity index (χ1n) is 3.82. The van der Waals surface area contributed by atoms with Crippen LogP contribution in [0.15, 0.2) is 16.6 Å². The van der Waals surface area contributed by atoms with Crippen LogP contribution in [-0.2, 0) is 6.42 Å². The van der Waals surface area contributed by atoms with E-state index in [1.165, 1.54) is 17.4 Å². The van der Waals surface area contributed by atoms with Crippen molar-refractivity contribution in [2.45, 2.75) is 6.42 Å². The number of halogens is 2. The van der Waals surface area contributed by atoms with Crippen molar-refractivity contribution in [3.05, 3.63) is 27.4 Å². The van der Waals surface area contributed by atoms with Gasteiger partial charge in [0.05, 0.1) is 27.2 Å². The van der Waals surface area contributed by atoms with Gasteiger partial charge in [0.25, 0.3) is 0 Å². The standard InChI is InChI=1S/C9H4BrFN2S/c10-5-3-7-8(4-6(5)11)14-9(13-7)1-2-12/h3-4H,1H2. The molecule has 2 aromatic rings. The van der Waals surface area contributed by atoms with Gasteiger partial charge in [0.2, 0.25) is 0 Å². The highest BCUT2D eigenvalue weighted by molar-refractivity contribution is 9.10. The Hall–Kier alpha value is -0.990. The first-order chi connectivity index (χ1) is 6.70. The quantitative estimate of drug-likeness (QED) is 0.798. The summed E-state index contributed by atoms with van der Waals surface area (Å²) >= 11 is 4.44. The average Bonchev–Trinajstić information content (AvgIpc) is 2.48. The van der Waals surface area contributed by atoms with Crippen LogP contribution in [0.25, 0.3) is 10.2 Å². The number of hydrogen-bond donors (Lipinski definition) is 0. The van der Waals surface area contributed by atoms with E-state index in [9.17, 15) is 4.39 Å². The Morgan fingerprint density at radius 1 is 1.57 bits per heavy atom. The summed E-state index contributed by atoms with van der Waals surface area (Å²) in [7, 11) is 0. The van der Waals surface area contributed by atoms with Gasteiger partial charge in [0, 0.05) is 0 Å². The monoisotopic (exact) mass is 270 g/mol. The Kier molecular flexibility index (Phi) is 2.48. The molecule has 0 spiro atoms. The highest BCUT2D eigenvalue weighted by Gasteiger charge is 2.07. The first-order valence-corrected chi connectivity index (χ1v) is 5.43. The zero-order valence-electron chi connectivity index (χ0n) is 6.92. The molecule has 0 N–H and O–H groups in total. The van der Waals surface area contributed by atoms with Crippen LogP contribution in [0.4, 0.5) is 4.39 Å². The first kappa shape index (κ1) is 9.56. The van der Waals surface area contributed by atoms with Gasteiger partial charge in [-0.1, -0.05) is 0 Å². The largest absolute Gasteiger partial charge is 0.240 e. The fourth-order valence-corrected chi connectivity index (χ4v) is 2.35. The van der Waals surface area contributed by atoms with E-state index in [0.717, 1.165) is 15.2 Å². The third-order valence-corrected chi connectivity index (χ3v) is 3.33. The van der Waals surface area contributed by atoms with Crippen molar-refractivity contribution < 1.29 is 4.39 Å². The molecule has 1 aromatic heterocycles. The predicted molar refractivity (Wildman–Crippen MR) is 56.6 cm³/mol. The molecule has 2 rings (SSSR count). The van der Waals surface area contributed by atoms with Crippen LogP contribution in [0.1, 0.15) is 5.01 Å². The number of nitrogens with zero attached hydrogens (tertiary/aromatic N) is 2. The third kappa shape index (κ3) is 1.63. The lowest BCUT2D eigenvalue weighted by atomic mass is 10.3. The zero-order valence-corrected chi connectivity index (χ0v) is 9.32. The number of benzene rings is 1. The lowest BCUT2D eigenvalue weighted by Gasteiger charge is -1.91. The fourth-order valence-electron chi connectivity index (χ4n) is 1.11. The Balaban J connectivity index is 2.61. The maximum absolute atomic E-state index is 13.1. The number of rotatable bonds is 1. The lowest BCUT2D eigenvalue weighted by molar-refractivity contribution is 0.623. The molecule has 1 heterocycles. The molecule has 5 heteroatoms. The van der Waals surface area contributed by atoms with Crippen molar-refractivity contribution in [3.63, 3.8) is 0 Å². The van der Waals surface area contributed by atoms with E-state index in [1.807, 2.05) is 6.07 Å². The minimum absolute atomic E-state index is 0.276. The molecular weight excluding hydrogens is 267 g/mol. The number of aromatic nitrogens is 1. The number of hydrogen-bond acceptors (Lipinski definition) is 3. The zero-order chi connectivity index (χ0) is 10.1. The summed E-state index contributed by atoms with van der Waals surface area (Å²) < 4.78 is 14.3. The molecule has 0 saturated carbocycles. The molecular formula is C9H4BrFN2S. The molecule has 0 bridgehead atoms. The van der Waals surface area contributed by atoms with Crippen LogP contribution in [0.5, 0.6) is 0 Å². The SMILES string of the molecule is N#CCc1nc2cc(Br)c(F)cc2s1. The van der Waals surface area contributed by atoms with Crippen LogP contribution in [0.3, 0.4) is 0 Å². The van der Waals surface area contributed by atoms with Crippen LogP contribution < -0.4 is 0 Å². The summed E-state index contributed by atoms with van der Waals surface area (Å²) in [5.74, 6) is -0.301. The average molecular weight is 271 g/mol. The van der Waals surface area contributed by atoms with E-state index in [0.29, 0.717) is 4.47 Å². The molecule has 0 radical (unpaired) electrons. The molecule has 0 saturated heterocycles. The molecule has 0 amide bonds. The van der Waals surface area contributed by atoms with Gasteiger partial charge in [-0.15, -0.1) is 11.3 Å². The summed E-state index contributed by atoms with van der Waals surface area (Å²) in [6.07, 6.45) is 0.276. The summed E-state index contributed by atoms with van der Waals surface area (Å²) in [5, 5.41) is 9.21. The summed E-state index contributed by atoms with van der Waals surface area (Å²) in [4.78, 5) is 4.20. The van der Waals surface area contributed by atoms with Gasteiger partial charge in [0.1, 0.15) is 10.8 Å². The second-order valence-electron chi connectivity index (χ2n) is 2.68. The molecule has 0 aliphatic heterocycles. The van der Waals surface area contributed by atoms with Crippen LogP contribution in [0, 0.1) is 17.1 Å². The van der Waals surface area contributed by atoms with Gasteiger partial charge in [-0.25, -0.2) is 9.37 Å². The number of nitriles is 1. The Morgan fingerprint density at radius 2 is 2.36 bits per heavy atom. The number of thiazole rings is 1. The summed E-state index contributed by atoms with van der Waals surface area (Å²) in [6, 6.07) is 5.07. The second-order valence-corrected chi connectivity index (χ2v) is 4.65. The van der Waals surface area contributed by atoms with Crippen LogP contribution in [-0.4, -0.2) is 4.98 Å². The highest BCUT2D eigenvalue weighted by Crippen LogP contribution is 2.27. The molecule has 0 unspecified atom stereocenters. The normalized spacial score (nSPS) is 10.4. The molecule has 2 nitrogen and oxygen atoms in total. The van der Waals surface area contributed by atoms with Crippen LogP contribution in [0.2, 0.25) is 0 Å². The molecule has 0 atom stereocenters. The van der Waals surface area contributed by atoms with Gasteiger partial charge >= 0.3 is 0 Å². The molecule has 0 aliphatic rings. The molecule has 14 heavy (non-hydrogen) atoms. The van der Waals surface area contributed by atoms with E-state index >= 15 is 0 Å². The van der Waals surface area contributed by atoms with Crippen molar-refractivity contribution in [3.8, 4) is 6.07 Å². The van der Waals surface area contributed by atoms with E-state index in [2.05, 4.69) is 20.9 Å². The Labute approximate surface area is 92.1 Å². The van der Waals surface area contributed by atoms with Gasteiger partial charge in [0.15, 0.2) is 0 Å². The smallest absolute Gasteiger partial charge is 0.138 e. The topological polar surface area (TPSA) is 36.7 Å². The van der Waals surface area contributed by atoms with Gasteiger partial charge < -0.3 is 0 Å². The predicted octanol–water partition coefficient (Wildman–Crippen LogP) is 3.26. The third-order valence-electron chi connectivity index (χ3n) is 1.71. The fraction of sp³-hybridized carbons (Fsp3) is 0.111. The van der Waals surface area contributed by atoms with E-state index < -0.39 is 0 Å². The van der Waals surface area contributed by atoms with E-state index in [4.69, 9.17) is 5.26 Å². The maximum Gasteiger partial charge on any atom is 0.138 e. The Bertz CT molecular complexity index is 490. The second kappa shape index (κ2) is 3.64. The summed E-state index contributed by atoms with van der Waals surface area (Å²) in [5.41, 5.74) is 0.730. The summed E-state index contributed by atoms with van der Waals surface area (Å²) in [6.45, 7) is 0. The van der Waals surface area contributed by atoms with Crippen LogP contribution >= 0.6 is 27.3 Å². The minimum atomic E-state index is -0.301. The van der Waals surface area contributed by atoms with Gasteiger partial charge in [-0.2, -0.15) is 5.26 Å². The van der Waals surface area contributed by atoms with Crippen molar-refractivity contribution in [1.29, 1.82) is 5.26 Å². The lowest BCUT2D eigenvalue weighted by Crippen LogP contribution is -1.78. The van der Waals surface area contributed by atoms with Crippen molar-refractivity contribution in [1.82, 2.24) is 4.98 Å². The van der Waals surface area contributed by atoms with E-state index in [1.54, 1.807) is 6.07 Å². The van der Waals surface area contributed by atoms with Gasteiger partial charge in [-0.05, 0) is 28.1 Å². The maximum atomic E-state index is 13.1. The highest BCUT2D eigenvalue weighted by atomic mass is 79.9. The molecule has 0 fully saturated rings. The number of fused-ring (bicyclic) bond motifs is 1. The molecule has 0 aliphatic carbocycles. The minimum Gasteiger partial charge on any atom is -0.240 e. The van der Waals surface area contributed by atoms with Gasteiger partial charge in [-0.3, -0.25) is 0 Å².